The van der Waals surface area contributed by atoms with Crippen LogP contribution in [0.2, 0.25) is 0 Å². The van der Waals surface area contributed by atoms with Gasteiger partial charge in [-0.3, -0.25) is 0 Å². The minimum absolute atomic E-state index is 0.187. The van der Waals surface area contributed by atoms with Gasteiger partial charge in [0.2, 0.25) is 15.7 Å². The Balaban J connectivity index is 2.15. The third-order valence-electron chi connectivity index (χ3n) is 4.00. The maximum Gasteiger partial charge on any atom is 0.438 e. The van der Waals surface area contributed by atoms with Gasteiger partial charge in [0.05, 0.1) is 4.90 Å². The zero-order valence-corrected chi connectivity index (χ0v) is 14.8. The zero-order valence-electron chi connectivity index (χ0n) is 13.9. The molecule has 1 unspecified atom stereocenters. The van der Waals surface area contributed by atoms with Crippen LogP contribution in [0.5, 0.6) is 0 Å². The van der Waals surface area contributed by atoms with E-state index in [-0.39, 0.29) is 21.8 Å². The first-order valence-electron chi connectivity index (χ1n) is 7.61. The van der Waals surface area contributed by atoms with E-state index in [2.05, 4.69) is 5.10 Å². The van der Waals surface area contributed by atoms with Crippen LogP contribution in [0.4, 0.5) is 18.9 Å². The van der Waals surface area contributed by atoms with E-state index in [1.54, 1.807) is 19.1 Å². The Kier molecular flexibility index (Phi) is 4.47. The number of benzene rings is 2. The normalized spacial score (nSPS) is 20.4. The maximum atomic E-state index is 13.3. The Morgan fingerprint density at radius 2 is 1.59 bits per heavy atom. The smallest absolute Gasteiger partial charge is 0.438 e. The summed E-state index contributed by atoms with van der Waals surface area (Å²) in [5.74, 6) is 0. The van der Waals surface area contributed by atoms with Crippen LogP contribution in [0, 0.1) is 12.1 Å². The second kappa shape index (κ2) is 6.27. The minimum Gasteiger partial charge on any atom is -0.594 e. The molecule has 0 saturated heterocycles. The molecule has 2 aromatic carbocycles. The van der Waals surface area contributed by atoms with Gasteiger partial charge in [0.25, 0.3) is 0 Å². The van der Waals surface area contributed by atoms with Gasteiger partial charge < -0.3 is 5.21 Å². The molecule has 6 nitrogen and oxygen atoms in total. The highest BCUT2D eigenvalue weighted by molar-refractivity contribution is 7.89. The average Bonchev–Trinajstić information content (AvgIpc) is 2.94. The van der Waals surface area contributed by atoms with Crippen molar-refractivity contribution in [2.24, 2.45) is 10.2 Å². The molecule has 0 amide bonds. The number of allylic oxidation sites excluding steroid dienone is 1. The van der Waals surface area contributed by atoms with E-state index in [1.165, 1.54) is 12.1 Å². The molecule has 1 aliphatic heterocycles. The number of hydrogen-bond donors (Lipinski definition) is 1. The first kappa shape index (κ1) is 19.2. The molecular formula is C17H14F3N3O3S. The molecule has 2 aromatic rings. The lowest BCUT2D eigenvalue weighted by Gasteiger charge is -2.34. The van der Waals surface area contributed by atoms with Crippen LogP contribution >= 0.6 is 0 Å². The maximum absolute atomic E-state index is 13.3. The summed E-state index contributed by atoms with van der Waals surface area (Å²) in [6.45, 7) is 1.80. The number of alkyl halides is 3. The molecule has 1 heterocycles. The molecule has 142 valence electrons. The van der Waals surface area contributed by atoms with Crippen molar-refractivity contribution in [2.75, 3.05) is 0 Å². The molecule has 1 atom stereocenters. The van der Waals surface area contributed by atoms with Gasteiger partial charge in [0.15, 0.2) is 11.4 Å². The third-order valence-corrected chi connectivity index (χ3v) is 4.93. The highest BCUT2D eigenvalue weighted by Gasteiger charge is 2.45. The molecule has 0 bridgehead atoms. The fourth-order valence-corrected chi connectivity index (χ4v) is 3.12. The van der Waals surface area contributed by atoms with Gasteiger partial charge in [0.1, 0.15) is 0 Å². The van der Waals surface area contributed by atoms with Crippen molar-refractivity contribution < 1.29 is 21.6 Å². The predicted octanol–water partition coefficient (Wildman–Crippen LogP) is 3.42. The zero-order chi connectivity index (χ0) is 20.0. The molecule has 1 aliphatic rings. The van der Waals surface area contributed by atoms with Crippen molar-refractivity contribution in [2.45, 2.75) is 18.0 Å². The number of rotatable bonds is 3. The number of sulfonamides is 1. The van der Waals surface area contributed by atoms with E-state index in [9.17, 15) is 26.8 Å². The minimum atomic E-state index is -4.80. The van der Waals surface area contributed by atoms with Crippen LogP contribution in [0.25, 0.3) is 5.70 Å². The molecule has 2 N–H and O–H groups in total. The summed E-state index contributed by atoms with van der Waals surface area (Å²) in [5, 5.41) is 21.7. The number of nitrogens with zero attached hydrogens (tertiary/aromatic N) is 2. The number of hydrogen-bond acceptors (Lipinski definition) is 4. The van der Waals surface area contributed by atoms with Gasteiger partial charge in [-0.25, -0.2) is 13.6 Å². The first-order chi connectivity index (χ1) is 12.4. The summed E-state index contributed by atoms with van der Waals surface area (Å²) in [6.07, 6.45) is -4.11. The highest BCUT2D eigenvalue weighted by Crippen LogP contribution is 2.41. The number of nitrogens with two attached hydrogens (primary N) is 1. The number of quaternary nitrogens is 1. The average molecular weight is 397 g/mol. The molecule has 0 aliphatic carbocycles. The molecule has 0 radical (unpaired) electrons. The lowest BCUT2D eigenvalue weighted by Crippen LogP contribution is -2.33. The van der Waals surface area contributed by atoms with E-state index in [1.807, 2.05) is 0 Å². The second-order valence-electron chi connectivity index (χ2n) is 5.99. The lowest BCUT2D eigenvalue weighted by atomic mass is 10.1. The van der Waals surface area contributed by atoms with E-state index in [4.69, 9.17) is 5.14 Å². The van der Waals surface area contributed by atoms with Crippen molar-refractivity contribution in [1.82, 2.24) is 4.76 Å². The fourth-order valence-electron chi connectivity index (χ4n) is 2.61. The van der Waals surface area contributed by atoms with E-state index >= 15 is 0 Å². The van der Waals surface area contributed by atoms with Crippen molar-refractivity contribution in [3.05, 3.63) is 70.9 Å². The van der Waals surface area contributed by atoms with Crippen molar-refractivity contribution in [3.63, 3.8) is 0 Å². The SMILES string of the molecule is Cc1ccc(C2=CC(C(F)(F)F)=N[N+]2([O-])c2ccc(S(N)(=O)=O)cc2)cc1. The van der Waals surface area contributed by atoms with Gasteiger partial charge in [-0.2, -0.15) is 17.9 Å². The lowest BCUT2D eigenvalue weighted by molar-refractivity contribution is -0.0580. The number of primary sulfonamides is 1. The molecule has 0 spiro atoms. The van der Waals surface area contributed by atoms with Gasteiger partial charge >= 0.3 is 6.18 Å². The van der Waals surface area contributed by atoms with Crippen molar-refractivity contribution >= 4 is 27.1 Å². The molecule has 0 aromatic heterocycles. The Hall–Kier alpha value is -2.53. The van der Waals surface area contributed by atoms with E-state index in [0.29, 0.717) is 6.08 Å². The van der Waals surface area contributed by atoms with Crippen molar-refractivity contribution in [3.8, 4) is 0 Å². The predicted molar refractivity (Wildman–Crippen MR) is 95.6 cm³/mol. The third kappa shape index (κ3) is 3.65. The fraction of sp³-hybridized carbons (Fsp3) is 0.118. The van der Waals surface area contributed by atoms with E-state index in [0.717, 1.165) is 29.8 Å². The molecule has 0 fully saturated rings. The quantitative estimate of drug-likeness (QED) is 0.635. The standard InChI is InChI=1S/C17H14F3N3O3S/c1-11-2-4-12(5-3-11)15-10-16(17(18,19)20)22-23(15,24)13-6-8-14(9-7-13)27(21,25)26/h2-10H,1H3,(H2,21,25,26). The summed E-state index contributed by atoms with van der Waals surface area (Å²) in [4.78, 5) is -0.266. The van der Waals surface area contributed by atoms with Crippen LogP contribution in [0.15, 0.2) is 64.6 Å². The van der Waals surface area contributed by atoms with Crippen molar-refractivity contribution in [1.29, 1.82) is 0 Å². The van der Waals surface area contributed by atoms with Gasteiger partial charge in [0, 0.05) is 23.8 Å². The van der Waals surface area contributed by atoms with Crippen LogP contribution in [0.3, 0.4) is 0 Å². The Labute approximate surface area is 153 Å². The van der Waals surface area contributed by atoms with Gasteiger partial charge in [-0.05, 0) is 31.2 Å². The second-order valence-corrected chi connectivity index (χ2v) is 7.55. The van der Waals surface area contributed by atoms with E-state index < -0.39 is 26.7 Å². The molecular weight excluding hydrogens is 383 g/mol. The Bertz CT molecular complexity index is 1040. The summed E-state index contributed by atoms with van der Waals surface area (Å²) < 4.78 is 60.5. The van der Waals surface area contributed by atoms with Crippen LogP contribution in [0.1, 0.15) is 11.1 Å². The monoisotopic (exact) mass is 397 g/mol. The summed E-state index contributed by atoms with van der Waals surface area (Å²) in [5.41, 5.74) is -0.590. The van der Waals surface area contributed by atoms with Crippen LogP contribution in [-0.4, -0.2) is 20.3 Å². The summed E-state index contributed by atoms with van der Waals surface area (Å²) in [6, 6.07) is 10.7. The molecule has 27 heavy (non-hydrogen) atoms. The molecule has 3 rings (SSSR count). The Morgan fingerprint density at radius 3 is 2.07 bits per heavy atom. The molecule has 10 heteroatoms. The van der Waals surface area contributed by atoms with Crippen LogP contribution < -0.4 is 9.89 Å². The first-order valence-corrected chi connectivity index (χ1v) is 9.16. The topological polar surface area (TPSA) is 95.6 Å². The number of hydroxylamine groups is 1. The summed E-state index contributed by atoms with van der Waals surface area (Å²) >= 11 is 0. The number of halogens is 3. The van der Waals surface area contributed by atoms with Gasteiger partial charge in [-0.15, -0.1) is 0 Å². The summed E-state index contributed by atoms with van der Waals surface area (Å²) in [7, 11) is -4.01. The van der Waals surface area contributed by atoms with Crippen LogP contribution in [-0.2, 0) is 10.0 Å². The number of aryl methyl sites for hydroxylation is 1. The highest BCUT2D eigenvalue weighted by atomic mass is 32.2. The van der Waals surface area contributed by atoms with Gasteiger partial charge in [-0.1, -0.05) is 22.8 Å². The largest absolute Gasteiger partial charge is 0.594 e. The Morgan fingerprint density at radius 1 is 1.04 bits per heavy atom. The molecule has 0 saturated carbocycles.